The molecule has 1 aromatic heterocycles. The second-order valence-electron chi connectivity index (χ2n) is 4.65. The summed E-state index contributed by atoms with van der Waals surface area (Å²) in [5, 5.41) is 18.7. The molecule has 0 spiro atoms. The lowest BCUT2D eigenvalue weighted by atomic mass is 10.1. The molecule has 0 aliphatic rings. The van der Waals surface area contributed by atoms with Gasteiger partial charge in [0.1, 0.15) is 0 Å². The van der Waals surface area contributed by atoms with Crippen molar-refractivity contribution in [1.29, 1.82) is 0 Å². The largest absolute Gasteiger partial charge is 0.404 e. The summed E-state index contributed by atoms with van der Waals surface area (Å²) >= 11 is 1.08. The van der Waals surface area contributed by atoms with Crippen LogP contribution < -0.4 is 0 Å². The van der Waals surface area contributed by atoms with Crippen LogP contribution in [0.25, 0.3) is 10.1 Å². The second kappa shape index (κ2) is 6.93. The second-order valence-corrected chi connectivity index (χ2v) is 7.84. The van der Waals surface area contributed by atoms with Crippen LogP contribution in [0.4, 0.5) is 8.78 Å². The summed E-state index contributed by atoms with van der Waals surface area (Å²) < 4.78 is 51.8. The van der Waals surface area contributed by atoms with Crippen molar-refractivity contribution < 1.29 is 32.6 Å². The molecule has 0 saturated carbocycles. The third kappa shape index (κ3) is 3.47. The maximum absolute atomic E-state index is 14.7. The van der Waals surface area contributed by atoms with Gasteiger partial charge < -0.3 is 19.3 Å². The smallest absolute Gasteiger partial charge is 0.364 e. The average Bonchev–Trinajstić information content (AvgIpc) is 2.90. The Bertz CT molecular complexity index is 721. The SMILES string of the molecule is CCOP(=O)(OCC)C(F)(F)c1ccc2sc(C(O)O)cc2c1. The first kappa shape index (κ1) is 18.4. The van der Waals surface area contributed by atoms with Gasteiger partial charge in [-0.2, -0.15) is 8.78 Å². The molecule has 128 valence electrons. The summed E-state index contributed by atoms with van der Waals surface area (Å²) in [6.07, 6.45) is -1.67. The third-order valence-electron chi connectivity index (χ3n) is 3.08. The first-order chi connectivity index (χ1) is 10.7. The summed E-state index contributed by atoms with van der Waals surface area (Å²) in [5.74, 6) is 0. The molecule has 0 bridgehead atoms. The lowest BCUT2D eigenvalue weighted by molar-refractivity contribution is -0.0394. The minimum absolute atomic E-state index is 0.172. The zero-order valence-electron chi connectivity index (χ0n) is 12.5. The highest BCUT2D eigenvalue weighted by Gasteiger charge is 2.54. The van der Waals surface area contributed by atoms with Crippen LogP contribution >= 0.6 is 18.9 Å². The van der Waals surface area contributed by atoms with Crippen molar-refractivity contribution in [2.75, 3.05) is 13.2 Å². The number of hydrogen-bond donors (Lipinski definition) is 2. The summed E-state index contributed by atoms with van der Waals surface area (Å²) in [5.41, 5.74) is -4.32. The molecule has 0 unspecified atom stereocenters. The Morgan fingerprint density at radius 3 is 2.35 bits per heavy atom. The first-order valence-electron chi connectivity index (χ1n) is 6.92. The van der Waals surface area contributed by atoms with Gasteiger partial charge in [-0.05, 0) is 37.4 Å². The molecule has 2 rings (SSSR count). The number of benzene rings is 1. The molecule has 0 aliphatic heterocycles. The molecule has 0 saturated heterocycles. The molecule has 1 aromatic carbocycles. The van der Waals surface area contributed by atoms with Crippen LogP contribution in [0.15, 0.2) is 24.3 Å². The highest BCUT2D eigenvalue weighted by Crippen LogP contribution is 2.66. The first-order valence-corrected chi connectivity index (χ1v) is 9.28. The fraction of sp³-hybridized carbons (Fsp3) is 0.429. The number of alkyl halides is 2. The molecule has 9 heteroatoms. The number of aliphatic hydroxyl groups excluding tert-OH is 1. The highest BCUT2D eigenvalue weighted by atomic mass is 32.1. The normalized spacial score (nSPS) is 13.2. The minimum atomic E-state index is -4.66. The molecule has 2 N–H and O–H groups in total. The lowest BCUT2D eigenvalue weighted by Crippen LogP contribution is -2.18. The van der Waals surface area contributed by atoms with E-state index < -0.39 is 25.1 Å². The zero-order valence-corrected chi connectivity index (χ0v) is 14.2. The Morgan fingerprint density at radius 1 is 1.22 bits per heavy atom. The quantitative estimate of drug-likeness (QED) is 0.567. The van der Waals surface area contributed by atoms with Crippen molar-refractivity contribution in [1.82, 2.24) is 0 Å². The van der Waals surface area contributed by atoms with E-state index in [2.05, 4.69) is 0 Å². The number of fused-ring (bicyclic) bond motifs is 1. The van der Waals surface area contributed by atoms with Gasteiger partial charge in [-0.3, -0.25) is 4.57 Å². The van der Waals surface area contributed by atoms with Gasteiger partial charge in [0.25, 0.3) is 0 Å². The van der Waals surface area contributed by atoms with Crippen LogP contribution in [0, 0.1) is 0 Å². The zero-order chi connectivity index (χ0) is 17.3. The number of thiophene rings is 1. The highest BCUT2D eigenvalue weighted by molar-refractivity contribution is 7.54. The molecule has 2 aromatic rings. The van der Waals surface area contributed by atoms with E-state index in [1.165, 1.54) is 26.0 Å². The van der Waals surface area contributed by atoms with Crippen LogP contribution in [0.5, 0.6) is 0 Å². The van der Waals surface area contributed by atoms with Crippen molar-refractivity contribution in [2.24, 2.45) is 0 Å². The van der Waals surface area contributed by atoms with Crippen LogP contribution in [0.3, 0.4) is 0 Å². The van der Waals surface area contributed by atoms with Crippen molar-refractivity contribution in [3.63, 3.8) is 0 Å². The molecule has 0 aliphatic carbocycles. The Hall–Kier alpha value is -0.890. The Balaban J connectivity index is 2.49. The van der Waals surface area contributed by atoms with Crippen molar-refractivity contribution in [2.45, 2.75) is 25.8 Å². The summed E-state index contributed by atoms with van der Waals surface area (Å²) in [7, 11) is -4.66. The van der Waals surface area contributed by atoms with E-state index in [0.29, 0.717) is 10.1 Å². The van der Waals surface area contributed by atoms with E-state index in [1.807, 2.05) is 0 Å². The molecular formula is C14H17F2O5PS. The van der Waals surface area contributed by atoms with Crippen molar-refractivity contribution in [3.05, 3.63) is 34.7 Å². The van der Waals surface area contributed by atoms with Crippen LogP contribution in [0.2, 0.25) is 0 Å². The third-order valence-corrected chi connectivity index (χ3v) is 6.38. The number of halogens is 2. The van der Waals surface area contributed by atoms with Gasteiger partial charge in [-0.15, -0.1) is 11.3 Å². The predicted octanol–water partition coefficient (Wildman–Crippen LogP) is 4.20. The Morgan fingerprint density at radius 2 is 1.83 bits per heavy atom. The fourth-order valence-corrected chi connectivity index (χ4v) is 4.53. The van der Waals surface area contributed by atoms with Crippen molar-refractivity contribution >= 4 is 29.0 Å². The van der Waals surface area contributed by atoms with Gasteiger partial charge in [0.15, 0.2) is 6.29 Å². The van der Waals surface area contributed by atoms with Gasteiger partial charge in [0, 0.05) is 10.3 Å². The summed E-state index contributed by atoms with van der Waals surface area (Å²) in [6.45, 7) is 2.57. The van der Waals surface area contributed by atoms with Gasteiger partial charge >= 0.3 is 13.3 Å². The van der Waals surface area contributed by atoms with Crippen LogP contribution in [-0.2, 0) is 19.3 Å². The number of hydrogen-bond acceptors (Lipinski definition) is 6. The topological polar surface area (TPSA) is 76.0 Å². The van der Waals surface area contributed by atoms with Crippen LogP contribution in [0.1, 0.15) is 30.6 Å². The Kier molecular flexibility index (Phi) is 5.56. The van der Waals surface area contributed by atoms with Gasteiger partial charge in [0.2, 0.25) is 0 Å². The molecule has 0 fully saturated rings. The number of aliphatic hydroxyl groups is 2. The number of rotatable bonds is 7. The van der Waals surface area contributed by atoms with E-state index in [4.69, 9.17) is 19.3 Å². The molecule has 5 nitrogen and oxygen atoms in total. The molecule has 1 heterocycles. The fourth-order valence-electron chi connectivity index (χ4n) is 2.08. The van der Waals surface area contributed by atoms with Gasteiger partial charge in [-0.1, -0.05) is 6.07 Å². The summed E-state index contributed by atoms with van der Waals surface area (Å²) in [6, 6.07) is 5.10. The van der Waals surface area contributed by atoms with E-state index in [1.54, 1.807) is 0 Å². The van der Waals surface area contributed by atoms with E-state index in [9.17, 15) is 13.3 Å². The van der Waals surface area contributed by atoms with Gasteiger partial charge in [-0.25, -0.2) is 0 Å². The molecule has 23 heavy (non-hydrogen) atoms. The van der Waals surface area contributed by atoms with E-state index in [0.717, 1.165) is 23.5 Å². The lowest BCUT2D eigenvalue weighted by Gasteiger charge is -2.26. The molecule has 0 radical (unpaired) electrons. The van der Waals surface area contributed by atoms with Crippen molar-refractivity contribution in [3.8, 4) is 0 Å². The maximum atomic E-state index is 14.7. The van der Waals surface area contributed by atoms with E-state index >= 15 is 0 Å². The minimum Gasteiger partial charge on any atom is -0.364 e. The standard InChI is InChI=1S/C14H17F2O5PS/c1-3-20-22(19,21-4-2)14(15,16)10-5-6-11-9(7-10)8-12(23-11)13(17)18/h5-8,13,17-18H,3-4H2,1-2H3. The van der Waals surface area contributed by atoms with E-state index in [-0.39, 0.29) is 18.1 Å². The maximum Gasteiger partial charge on any atom is 0.404 e. The van der Waals surface area contributed by atoms with Gasteiger partial charge in [0.05, 0.1) is 18.1 Å². The van der Waals surface area contributed by atoms with Crippen LogP contribution in [-0.4, -0.2) is 23.4 Å². The monoisotopic (exact) mass is 366 g/mol. The summed E-state index contributed by atoms with van der Waals surface area (Å²) in [4.78, 5) is 0.235. The molecule has 0 atom stereocenters. The average molecular weight is 366 g/mol. The Labute approximate surface area is 136 Å². The predicted molar refractivity (Wildman–Crippen MR) is 83.8 cm³/mol. The molecular weight excluding hydrogens is 349 g/mol. The molecule has 0 amide bonds.